The van der Waals surface area contributed by atoms with Gasteiger partial charge in [0.2, 0.25) is 15.9 Å². The molecule has 0 aliphatic carbocycles. The molecule has 2 aliphatic rings. The van der Waals surface area contributed by atoms with Crippen LogP contribution in [0.5, 0.6) is 0 Å². The first-order valence-corrected chi connectivity index (χ1v) is 15.4. The number of benzene rings is 1. The molecule has 1 saturated heterocycles. The zero-order valence-electron chi connectivity index (χ0n) is 23.2. The second-order valence-electron chi connectivity index (χ2n) is 9.77. The summed E-state index contributed by atoms with van der Waals surface area (Å²) in [6.45, 7) is 7.77. The Morgan fingerprint density at radius 1 is 1.05 bits per heavy atom. The van der Waals surface area contributed by atoms with Crippen molar-refractivity contribution in [3.63, 3.8) is 0 Å². The molecule has 1 aromatic carbocycles. The Morgan fingerprint density at radius 3 is 2.32 bits per heavy atom. The first kappa shape index (κ1) is 30.4. The first-order valence-electron chi connectivity index (χ1n) is 13.1. The average molecular weight is 608 g/mol. The molecule has 2 aromatic rings. The molecular formula is C26H33N5O8S2. The van der Waals surface area contributed by atoms with E-state index in [9.17, 15) is 27.6 Å². The van der Waals surface area contributed by atoms with Gasteiger partial charge in [-0.15, -0.1) is 11.3 Å². The Hall–Kier alpha value is -3.53. The number of hydrogen-bond donors (Lipinski definition) is 3. The van der Waals surface area contributed by atoms with Crippen molar-refractivity contribution in [1.82, 2.24) is 20.1 Å². The van der Waals surface area contributed by atoms with Gasteiger partial charge in [0.1, 0.15) is 5.00 Å². The molecule has 4 amide bonds. The highest BCUT2D eigenvalue weighted by molar-refractivity contribution is 7.89. The third kappa shape index (κ3) is 6.86. The van der Waals surface area contributed by atoms with Crippen LogP contribution in [-0.4, -0.2) is 79.9 Å². The van der Waals surface area contributed by atoms with E-state index in [1.165, 1.54) is 40.4 Å². The number of rotatable bonds is 6. The lowest BCUT2D eigenvalue weighted by Crippen LogP contribution is -2.48. The summed E-state index contributed by atoms with van der Waals surface area (Å²) in [4.78, 5) is 52.1. The molecule has 0 bridgehead atoms. The van der Waals surface area contributed by atoms with E-state index in [2.05, 4.69) is 16.2 Å². The van der Waals surface area contributed by atoms with Crippen molar-refractivity contribution < 1.29 is 37.1 Å². The lowest BCUT2D eigenvalue weighted by molar-refractivity contribution is -0.119. The number of hydrazine groups is 1. The van der Waals surface area contributed by atoms with Crippen molar-refractivity contribution in [2.75, 3.05) is 31.6 Å². The molecule has 0 saturated carbocycles. The Kier molecular flexibility index (Phi) is 9.31. The summed E-state index contributed by atoms with van der Waals surface area (Å²) in [5.41, 5.74) is 5.61. The lowest BCUT2D eigenvalue weighted by Gasteiger charge is -2.34. The van der Waals surface area contributed by atoms with Gasteiger partial charge in [-0.1, -0.05) is 0 Å². The highest BCUT2D eigenvalue weighted by Gasteiger charge is 2.33. The van der Waals surface area contributed by atoms with Crippen molar-refractivity contribution in [3.05, 3.63) is 45.8 Å². The molecule has 3 heterocycles. The summed E-state index contributed by atoms with van der Waals surface area (Å²) in [5, 5.41) is 2.99. The largest absolute Gasteiger partial charge is 0.450 e. The number of hydrogen-bond acceptors (Lipinski definition) is 9. The quantitative estimate of drug-likeness (QED) is 0.421. The normalized spacial score (nSPS) is 19.2. The maximum Gasteiger partial charge on any atom is 0.410 e. The second-order valence-corrected chi connectivity index (χ2v) is 12.8. The van der Waals surface area contributed by atoms with E-state index in [-0.39, 0.29) is 59.5 Å². The van der Waals surface area contributed by atoms with Crippen LogP contribution in [0.25, 0.3) is 0 Å². The predicted octanol–water partition coefficient (Wildman–Crippen LogP) is 2.09. The molecule has 1 fully saturated rings. The molecule has 41 heavy (non-hydrogen) atoms. The molecule has 2 aliphatic heterocycles. The molecule has 4 rings (SSSR count). The van der Waals surface area contributed by atoms with E-state index in [0.29, 0.717) is 23.4 Å². The van der Waals surface area contributed by atoms with Crippen LogP contribution in [0.2, 0.25) is 0 Å². The zero-order chi connectivity index (χ0) is 29.9. The molecule has 2 atom stereocenters. The van der Waals surface area contributed by atoms with Crippen molar-refractivity contribution in [1.29, 1.82) is 0 Å². The number of carbonyl (C=O) groups excluding carboxylic acids is 4. The number of sulfonamides is 1. The SMILES string of the molecule is CCOC(=O)N1CCc2c(sc(NC(=O)c3ccc(S(=O)(=O)N4CC(C)OC(C)C4)cc3)c2C(=O)NNC(C)=O)C1. The third-order valence-electron chi connectivity index (χ3n) is 6.53. The van der Waals surface area contributed by atoms with Gasteiger partial charge < -0.3 is 19.7 Å². The Labute approximate surface area is 242 Å². The molecular weight excluding hydrogens is 574 g/mol. The summed E-state index contributed by atoms with van der Waals surface area (Å²) in [7, 11) is -3.79. The van der Waals surface area contributed by atoms with E-state index in [1.54, 1.807) is 6.92 Å². The smallest absolute Gasteiger partial charge is 0.410 e. The minimum Gasteiger partial charge on any atom is -0.450 e. The van der Waals surface area contributed by atoms with Gasteiger partial charge in [0.15, 0.2) is 0 Å². The van der Waals surface area contributed by atoms with Gasteiger partial charge in [-0.2, -0.15) is 4.31 Å². The molecule has 2 unspecified atom stereocenters. The van der Waals surface area contributed by atoms with Crippen LogP contribution in [0.3, 0.4) is 0 Å². The molecule has 15 heteroatoms. The molecule has 0 spiro atoms. The second kappa shape index (κ2) is 12.5. The number of amides is 4. The number of carbonyl (C=O) groups is 4. The Morgan fingerprint density at radius 2 is 1.71 bits per heavy atom. The van der Waals surface area contributed by atoms with Crippen LogP contribution in [-0.2, 0) is 37.3 Å². The third-order valence-corrected chi connectivity index (χ3v) is 9.51. The number of nitrogens with zero attached hydrogens (tertiary/aromatic N) is 2. The molecule has 3 N–H and O–H groups in total. The van der Waals surface area contributed by atoms with Gasteiger partial charge in [-0.25, -0.2) is 13.2 Å². The van der Waals surface area contributed by atoms with Crippen LogP contribution >= 0.6 is 11.3 Å². The van der Waals surface area contributed by atoms with Crippen LogP contribution in [0.4, 0.5) is 9.80 Å². The summed E-state index contributed by atoms with van der Waals surface area (Å²) in [5.74, 6) is -1.65. The highest BCUT2D eigenvalue weighted by atomic mass is 32.2. The van der Waals surface area contributed by atoms with E-state index in [4.69, 9.17) is 9.47 Å². The minimum absolute atomic E-state index is 0.0522. The van der Waals surface area contributed by atoms with E-state index in [1.807, 2.05) is 13.8 Å². The van der Waals surface area contributed by atoms with Crippen molar-refractivity contribution in [2.45, 2.75) is 57.8 Å². The molecule has 0 radical (unpaired) electrons. The number of anilines is 1. The number of fused-ring (bicyclic) bond motifs is 1. The van der Waals surface area contributed by atoms with E-state index >= 15 is 0 Å². The Bertz CT molecular complexity index is 1430. The molecule has 1 aromatic heterocycles. The van der Waals surface area contributed by atoms with E-state index < -0.39 is 33.8 Å². The summed E-state index contributed by atoms with van der Waals surface area (Å²) < 4.78 is 38.4. The number of morpholine rings is 1. The predicted molar refractivity (Wildman–Crippen MR) is 150 cm³/mol. The van der Waals surface area contributed by atoms with Gasteiger partial charge >= 0.3 is 6.09 Å². The first-order chi connectivity index (χ1) is 19.4. The van der Waals surface area contributed by atoms with Gasteiger partial charge in [-0.3, -0.25) is 25.2 Å². The monoisotopic (exact) mass is 607 g/mol. The van der Waals surface area contributed by atoms with Gasteiger partial charge in [-0.05, 0) is 57.0 Å². The maximum absolute atomic E-state index is 13.2. The van der Waals surface area contributed by atoms with Crippen molar-refractivity contribution in [3.8, 4) is 0 Å². The van der Waals surface area contributed by atoms with Gasteiger partial charge in [0.25, 0.3) is 11.8 Å². The average Bonchev–Trinajstić information content (AvgIpc) is 3.28. The van der Waals surface area contributed by atoms with Crippen LogP contribution in [0.1, 0.15) is 58.9 Å². The fourth-order valence-electron chi connectivity index (χ4n) is 4.74. The zero-order valence-corrected chi connectivity index (χ0v) is 24.8. The molecule has 13 nitrogen and oxygen atoms in total. The summed E-state index contributed by atoms with van der Waals surface area (Å²) in [6, 6.07) is 5.55. The number of thiophene rings is 1. The van der Waals surface area contributed by atoms with Crippen molar-refractivity contribution in [2.24, 2.45) is 0 Å². The topological polar surface area (TPSA) is 163 Å². The fourth-order valence-corrected chi connectivity index (χ4v) is 7.59. The number of nitrogens with one attached hydrogen (secondary N) is 3. The van der Waals surface area contributed by atoms with E-state index in [0.717, 1.165) is 11.3 Å². The van der Waals surface area contributed by atoms with Crippen LogP contribution in [0, 0.1) is 0 Å². The summed E-state index contributed by atoms with van der Waals surface area (Å²) >= 11 is 1.14. The lowest BCUT2D eigenvalue weighted by atomic mass is 10.0. The van der Waals surface area contributed by atoms with Crippen molar-refractivity contribution >= 4 is 50.2 Å². The van der Waals surface area contributed by atoms with Crippen LogP contribution < -0.4 is 16.2 Å². The number of ether oxygens (including phenoxy) is 2. The molecule has 222 valence electrons. The highest BCUT2D eigenvalue weighted by Crippen LogP contribution is 2.37. The van der Waals surface area contributed by atoms with Crippen LogP contribution in [0.15, 0.2) is 29.2 Å². The Balaban J connectivity index is 1.56. The fraction of sp³-hybridized carbons (Fsp3) is 0.462. The minimum atomic E-state index is -3.79. The van der Waals surface area contributed by atoms with Gasteiger partial charge in [0, 0.05) is 37.0 Å². The van der Waals surface area contributed by atoms with Gasteiger partial charge in [0.05, 0.1) is 35.8 Å². The summed E-state index contributed by atoms with van der Waals surface area (Å²) in [6.07, 6.45) is -0.611. The maximum atomic E-state index is 13.2. The standard InChI is InChI=1S/C26H33N5O8S2/c1-5-38-26(35)30-11-10-20-21(14-30)40-25(22(20)24(34)29-28-17(4)32)27-23(33)18-6-8-19(9-7-18)41(36,37)31-12-15(2)39-16(3)13-31/h6-9,15-16H,5,10-14H2,1-4H3,(H,27,33)(H,28,32)(H,29,34).